The fourth-order valence-corrected chi connectivity index (χ4v) is 3.20. The van der Waals surface area contributed by atoms with Gasteiger partial charge in [0.05, 0.1) is 32.2 Å². The second-order valence-electron chi connectivity index (χ2n) is 6.45. The Balaban J connectivity index is 1.61. The number of hydrogen-bond acceptors (Lipinski definition) is 4. The minimum Gasteiger partial charge on any atom is -0.468 e. The topological polar surface area (TPSA) is 49.8 Å². The lowest BCUT2D eigenvalue weighted by Crippen LogP contribution is -2.41. The highest BCUT2D eigenvalue weighted by Crippen LogP contribution is 2.14. The molecule has 1 saturated heterocycles. The molecule has 0 bridgehead atoms. The molecule has 2 aromatic heterocycles. The lowest BCUT2D eigenvalue weighted by atomic mass is 10.1. The van der Waals surface area contributed by atoms with E-state index in [2.05, 4.69) is 4.90 Å². The molecule has 1 amide bonds. The Morgan fingerprint density at radius 2 is 1.46 bits per heavy atom. The smallest absolute Gasteiger partial charge is 0.236 e. The Kier molecular flexibility index (Phi) is 6.13. The van der Waals surface area contributed by atoms with Gasteiger partial charge in [0.2, 0.25) is 5.91 Å². The average Bonchev–Trinajstić information content (AvgIpc) is 3.20. The van der Waals surface area contributed by atoms with Crippen LogP contribution in [0.2, 0.25) is 0 Å². The van der Waals surface area contributed by atoms with Gasteiger partial charge in [0, 0.05) is 13.1 Å². The van der Waals surface area contributed by atoms with Crippen LogP contribution in [0.4, 0.5) is 0 Å². The van der Waals surface area contributed by atoms with Crippen molar-refractivity contribution in [1.29, 1.82) is 0 Å². The molecule has 0 radical (unpaired) electrons. The van der Waals surface area contributed by atoms with Gasteiger partial charge in [-0.2, -0.15) is 0 Å². The van der Waals surface area contributed by atoms with Crippen LogP contribution in [0.1, 0.15) is 43.6 Å². The molecule has 0 aliphatic carbocycles. The largest absolute Gasteiger partial charge is 0.468 e. The molecule has 5 nitrogen and oxygen atoms in total. The molecule has 3 heterocycles. The Morgan fingerprint density at radius 3 is 1.96 bits per heavy atom. The number of carbonyl (C=O) groups excluding carboxylic acids is 1. The average molecular weight is 330 g/mol. The number of amides is 1. The SMILES string of the molecule is O=C(CN(Cc1ccco1)Cc1ccco1)N1CCCCCCC1. The van der Waals surface area contributed by atoms with Crippen LogP contribution in [0.3, 0.4) is 0 Å². The van der Waals surface area contributed by atoms with E-state index in [1.54, 1.807) is 12.5 Å². The van der Waals surface area contributed by atoms with E-state index in [-0.39, 0.29) is 5.91 Å². The normalized spacial score (nSPS) is 16.1. The molecule has 0 atom stereocenters. The van der Waals surface area contributed by atoms with E-state index in [0.29, 0.717) is 19.6 Å². The molecule has 3 rings (SSSR count). The first-order valence-corrected chi connectivity index (χ1v) is 8.86. The van der Waals surface area contributed by atoms with Gasteiger partial charge in [0.25, 0.3) is 0 Å². The van der Waals surface area contributed by atoms with Crippen LogP contribution < -0.4 is 0 Å². The van der Waals surface area contributed by atoms with Gasteiger partial charge in [-0.25, -0.2) is 0 Å². The monoisotopic (exact) mass is 330 g/mol. The van der Waals surface area contributed by atoms with E-state index >= 15 is 0 Å². The molecule has 0 saturated carbocycles. The van der Waals surface area contributed by atoms with Crippen LogP contribution in [-0.4, -0.2) is 35.3 Å². The minimum absolute atomic E-state index is 0.204. The summed E-state index contributed by atoms with van der Waals surface area (Å²) in [4.78, 5) is 16.9. The maximum Gasteiger partial charge on any atom is 0.236 e. The minimum atomic E-state index is 0.204. The molecule has 5 heteroatoms. The lowest BCUT2D eigenvalue weighted by molar-refractivity contribution is -0.133. The van der Waals surface area contributed by atoms with Crippen molar-refractivity contribution in [2.45, 2.75) is 45.2 Å². The predicted octanol–water partition coefficient (Wildman–Crippen LogP) is 3.67. The highest BCUT2D eigenvalue weighted by molar-refractivity contribution is 5.78. The van der Waals surface area contributed by atoms with Crippen LogP contribution in [-0.2, 0) is 17.9 Å². The molecule has 2 aromatic rings. The second-order valence-corrected chi connectivity index (χ2v) is 6.45. The van der Waals surface area contributed by atoms with E-state index in [9.17, 15) is 4.79 Å². The van der Waals surface area contributed by atoms with E-state index in [0.717, 1.165) is 37.5 Å². The third-order valence-electron chi connectivity index (χ3n) is 4.49. The summed E-state index contributed by atoms with van der Waals surface area (Å²) in [5.74, 6) is 1.93. The van der Waals surface area contributed by atoms with Crippen LogP contribution in [0, 0.1) is 0 Å². The fraction of sp³-hybridized carbons (Fsp3) is 0.526. The molecule has 0 unspecified atom stereocenters. The number of rotatable bonds is 6. The number of likely N-dealkylation sites (tertiary alicyclic amines) is 1. The van der Waals surface area contributed by atoms with E-state index < -0.39 is 0 Å². The lowest BCUT2D eigenvalue weighted by Gasteiger charge is -2.28. The molecule has 1 aliphatic rings. The van der Waals surface area contributed by atoms with E-state index in [1.165, 1.54) is 19.3 Å². The molecule has 24 heavy (non-hydrogen) atoms. The van der Waals surface area contributed by atoms with Crippen molar-refractivity contribution < 1.29 is 13.6 Å². The first-order valence-electron chi connectivity index (χ1n) is 8.86. The Bertz CT molecular complexity index is 548. The summed E-state index contributed by atoms with van der Waals surface area (Å²) in [6.07, 6.45) is 9.31. The number of nitrogens with zero attached hydrogens (tertiary/aromatic N) is 2. The quantitative estimate of drug-likeness (QED) is 0.811. The maximum atomic E-state index is 12.8. The molecular weight excluding hydrogens is 304 g/mol. The summed E-state index contributed by atoms with van der Waals surface area (Å²) in [5.41, 5.74) is 0. The first kappa shape index (κ1) is 16.8. The van der Waals surface area contributed by atoms with Crippen LogP contribution in [0.25, 0.3) is 0 Å². The maximum absolute atomic E-state index is 12.8. The molecule has 0 N–H and O–H groups in total. The molecular formula is C19H26N2O3. The molecule has 130 valence electrons. The number of hydrogen-bond donors (Lipinski definition) is 0. The Morgan fingerprint density at radius 1 is 0.917 bits per heavy atom. The highest BCUT2D eigenvalue weighted by Gasteiger charge is 2.20. The number of carbonyl (C=O) groups is 1. The van der Waals surface area contributed by atoms with Gasteiger partial charge < -0.3 is 13.7 Å². The highest BCUT2D eigenvalue weighted by atomic mass is 16.3. The Hall–Kier alpha value is -2.01. The van der Waals surface area contributed by atoms with Gasteiger partial charge in [0.1, 0.15) is 11.5 Å². The number of furan rings is 2. The zero-order valence-corrected chi connectivity index (χ0v) is 14.2. The zero-order chi connectivity index (χ0) is 16.6. The third kappa shape index (κ3) is 4.99. The van der Waals surface area contributed by atoms with E-state index in [4.69, 9.17) is 8.83 Å². The Labute approximate surface area is 143 Å². The molecule has 1 aliphatic heterocycles. The van der Waals surface area contributed by atoms with Gasteiger partial charge in [-0.1, -0.05) is 19.3 Å². The second kappa shape index (κ2) is 8.73. The van der Waals surface area contributed by atoms with Crippen LogP contribution >= 0.6 is 0 Å². The summed E-state index contributed by atoms with van der Waals surface area (Å²) in [6, 6.07) is 7.63. The van der Waals surface area contributed by atoms with Crippen molar-refractivity contribution in [1.82, 2.24) is 9.80 Å². The van der Waals surface area contributed by atoms with Gasteiger partial charge in [0.15, 0.2) is 0 Å². The first-order chi connectivity index (χ1) is 11.8. The summed E-state index contributed by atoms with van der Waals surface area (Å²) >= 11 is 0. The van der Waals surface area contributed by atoms with Crippen molar-refractivity contribution in [3.63, 3.8) is 0 Å². The van der Waals surface area contributed by atoms with Crippen molar-refractivity contribution in [3.8, 4) is 0 Å². The summed E-state index contributed by atoms with van der Waals surface area (Å²) in [5, 5.41) is 0. The summed E-state index contributed by atoms with van der Waals surface area (Å²) in [6.45, 7) is 3.37. The van der Waals surface area contributed by atoms with Crippen LogP contribution in [0.15, 0.2) is 45.6 Å². The third-order valence-corrected chi connectivity index (χ3v) is 4.49. The molecule has 0 aromatic carbocycles. The zero-order valence-electron chi connectivity index (χ0n) is 14.2. The molecule has 1 fully saturated rings. The van der Waals surface area contributed by atoms with Gasteiger partial charge in [-0.05, 0) is 37.1 Å². The van der Waals surface area contributed by atoms with Gasteiger partial charge in [-0.15, -0.1) is 0 Å². The van der Waals surface area contributed by atoms with Crippen molar-refractivity contribution in [2.75, 3.05) is 19.6 Å². The predicted molar refractivity (Wildman–Crippen MR) is 91.2 cm³/mol. The van der Waals surface area contributed by atoms with Crippen molar-refractivity contribution in [3.05, 3.63) is 48.3 Å². The van der Waals surface area contributed by atoms with Crippen LogP contribution in [0.5, 0.6) is 0 Å². The summed E-state index contributed by atoms with van der Waals surface area (Å²) in [7, 11) is 0. The van der Waals surface area contributed by atoms with Crippen molar-refractivity contribution in [2.24, 2.45) is 0 Å². The van der Waals surface area contributed by atoms with E-state index in [1.807, 2.05) is 29.2 Å². The molecule has 0 spiro atoms. The van der Waals surface area contributed by atoms with Gasteiger partial charge in [-0.3, -0.25) is 9.69 Å². The standard InChI is InChI=1S/C19H26N2O3/c22-19(21-10-4-2-1-3-5-11-21)16-20(14-17-8-6-12-23-17)15-18-9-7-13-24-18/h6-9,12-13H,1-5,10-11,14-16H2. The summed E-state index contributed by atoms with van der Waals surface area (Å²) < 4.78 is 10.9. The van der Waals surface area contributed by atoms with Crippen molar-refractivity contribution >= 4 is 5.91 Å². The fourth-order valence-electron chi connectivity index (χ4n) is 3.20. The van der Waals surface area contributed by atoms with Gasteiger partial charge >= 0.3 is 0 Å².